The van der Waals surface area contributed by atoms with E-state index in [2.05, 4.69) is 149 Å². The monoisotopic (exact) mass is 717 g/mol. The zero-order valence-electron chi connectivity index (χ0n) is 35.9. The maximum Gasteiger partial charge on any atom is 0.704 e. The molecule has 52 heavy (non-hydrogen) atoms. The molecule has 0 aliphatic carbocycles. The van der Waals surface area contributed by atoms with E-state index in [9.17, 15) is 0 Å². The lowest BCUT2D eigenvalue weighted by Crippen LogP contribution is -2.61. The van der Waals surface area contributed by atoms with E-state index in [-0.39, 0.29) is 16.4 Å². The number of hydrogen-bond acceptors (Lipinski definition) is 2. The van der Waals surface area contributed by atoms with Gasteiger partial charge in [0.1, 0.15) is 0 Å². The molecule has 0 bridgehead atoms. The van der Waals surface area contributed by atoms with Crippen molar-refractivity contribution >= 4 is 12.4 Å². The van der Waals surface area contributed by atoms with E-state index in [1.54, 1.807) is 0 Å². The Labute approximate surface area is 318 Å². The van der Waals surface area contributed by atoms with Crippen LogP contribution < -0.4 is 9.47 Å². The first-order valence-corrected chi connectivity index (χ1v) is 21.0. The summed E-state index contributed by atoms with van der Waals surface area (Å²) in [6.45, 7) is 43.2. The Morgan fingerprint density at radius 3 is 1.75 bits per heavy atom. The quantitative estimate of drug-likeness (QED) is 0.136. The second kappa shape index (κ2) is 14.9. The first-order valence-electron chi connectivity index (χ1n) is 21.0. The Kier molecular flexibility index (Phi) is 11.6. The summed E-state index contributed by atoms with van der Waals surface area (Å²) >= 11 is 0. The van der Waals surface area contributed by atoms with Crippen molar-refractivity contribution in [3.05, 3.63) is 58.1 Å². The van der Waals surface area contributed by atoms with Crippen LogP contribution in [0.1, 0.15) is 156 Å². The van der Waals surface area contributed by atoms with Crippen LogP contribution in [0.4, 0.5) is 0 Å². The smallest absolute Gasteiger partial charge is 0.341 e. The molecule has 6 heteroatoms. The standard InChI is InChI=1S/C46H76N4O2/c1-15-49(16-2,17-3)27-21-23-35(24-22-28-50(18-4,19-5)20-6)36-25-26-41-37(29-36)33-48-45(13,14)34-47-32-38-30-39(43(7,8)9)31-40(44(10,11)12)42(38)52-46(47,48)51-41/h25-26,29-33,35H,15-24,27-28,34H2,1-14H3/q+4. The van der Waals surface area contributed by atoms with Crippen LogP contribution in [0.3, 0.4) is 0 Å². The maximum absolute atomic E-state index is 7.24. The SMILES string of the molecule is CC[N+](CC)(CC)CCCC(CCC[N+](CC)(CC)CC)c1ccc2c(c1)C=[N+]1C(C)(C)C[N+]3=Cc4cc(C(C)(C)C)cc(C(C)(C)C)c4OC31O2. The van der Waals surface area contributed by atoms with Crippen LogP contribution in [0.25, 0.3) is 0 Å². The molecular weight excluding hydrogens is 641 g/mol. The van der Waals surface area contributed by atoms with Gasteiger partial charge in [-0.05, 0) is 113 Å². The largest absolute Gasteiger partial charge is 0.704 e. The fraction of sp³-hybridized carbons (Fsp3) is 0.696. The highest BCUT2D eigenvalue weighted by Gasteiger charge is 2.75. The van der Waals surface area contributed by atoms with Gasteiger partial charge in [0, 0.05) is 19.4 Å². The Balaban J connectivity index is 1.51. The van der Waals surface area contributed by atoms with Crippen LogP contribution in [-0.2, 0) is 10.8 Å². The van der Waals surface area contributed by atoms with E-state index in [1.165, 1.54) is 104 Å². The van der Waals surface area contributed by atoms with Gasteiger partial charge in [0.15, 0.2) is 23.9 Å². The third-order valence-corrected chi connectivity index (χ3v) is 13.6. The fourth-order valence-electron chi connectivity index (χ4n) is 9.30. The average molecular weight is 717 g/mol. The van der Waals surface area contributed by atoms with Gasteiger partial charge in [-0.25, -0.2) is 0 Å². The molecule has 1 saturated heterocycles. The second-order valence-corrected chi connectivity index (χ2v) is 19.1. The van der Waals surface area contributed by atoms with Crippen molar-refractivity contribution in [1.29, 1.82) is 0 Å². The van der Waals surface area contributed by atoms with Gasteiger partial charge in [0.25, 0.3) is 0 Å². The third kappa shape index (κ3) is 7.63. The van der Waals surface area contributed by atoms with Gasteiger partial charge in [0.2, 0.25) is 12.1 Å². The van der Waals surface area contributed by atoms with Crippen molar-refractivity contribution in [3.63, 3.8) is 0 Å². The molecule has 1 atom stereocenters. The van der Waals surface area contributed by atoms with Crippen molar-refractivity contribution in [2.24, 2.45) is 0 Å². The Morgan fingerprint density at radius 1 is 0.692 bits per heavy atom. The first kappa shape index (κ1) is 40.5. The molecule has 3 aliphatic heterocycles. The highest BCUT2D eigenvalue weighted by molar-refractivity contribution is 5.84. The number of hydrogen-bond donors (Lipinski definition) is 0. The molecule has 6 nitrogen and oxygen atoms in total. The van der Waals surface area contributed by atoms with Gasteiger partial charge < -0.3 is 18.4 Å². The van der Waals surface area contributed by atoms with Crippen LogP contribution in [0.5, 0.6) is 11.5 Å². The van der Waals surface area contributed by atoms with Crippen molar-refractivity contribution in [1.82, 2.24) is 0 Å². The van der Waals surface area contributed by atoms with Crippen LogP contribution in [0.2, 0.25) is 0 Å². The number of nitrogens with zero attached hydrogens (tertiary/aromatic N) is 4. The molecule has 3 aliphatic rings. The summed E-state index contributed by atoms with van der Waals surface area (Å²) in [5.74, 6) is 2.38. The van der Waals surface area contributed by atoms with E-state index in [4.69, 9.17) is 9.47 Å². The Hall–Kier alpha value is -2.70. The van der Waals surface area contributed by atoms with Crippen LogP contribution >= 0.6 is 0 Å². The summed E-state index contributed by atoms with van der Waals surface area (Å²) in [5.41, 5.74) is 6.06. The highest BCUT2D eigenvalue weighted by Crippen LogP contribution is 2.46. The second-order valence-electron chi connectivity index (χ2n) is 19.1. The molecule has 0 aromatic heterocycles. The van der Waals surface area contributed by atoms with Crippen molar-refractivity contribution in [2.75, 3.05) is 58.9 Å². The van der Waals surface area contributed by atoms with Gasteiger partial charge in [-0.1, -0.05) is 62.8 Å². The summed E-state index contributed by atoms with van der Waals surface area (Å²) in [4.78, 5) is 0. The number of rotatable bonds is 15. The summed E-state index contributed by atoms with van der Waals surface area (Å²) in [5, 5.41) is 0. The lowest BCUT2D eigenvalue weighted by Gasteiger charge is -2.37. The molecule has 0 saturated carbocycles. The molecule has 0 radical (unpaired) electrons. The van der Waals surface area contributed by atoms with Crippen LogP contribution in [-0.4, -0.2) is 101 Å². The van der Waals surface area contributed by atoms with Gasteiger partial charge in [-0.15, -0.1) is 0 Å². The van der Waals surface area contributed by atoms with E-state index >= 15 is 0 Å². The van der Waals surface area contributed by atoms with E-state index in [0.29, 0.717) is 5.92 Å². The molecular formula is C46H76N4O2+4. The lowest BCUT2D eigenvalue weighted by molar-refractivity contribution is -0.923. The molecule has 1 fully saturated rings. The molecule has 5 rings (SSSR count). The molecule has 3 heterocycles. The fourth-order valence-corrected chi connectivity index (χ4v) is 9.30. The molecule has 1 spiro atoms. The van der Waals surface area contributed by atoms with Crippen LogP contribution in [0.15, 0.2) is 30.3 Å². The van der Waals surface area contributed by atoms with E-state index in [1.807, 2.05) is 0 Å². The molecule has 1 unspecified atom stereocenters. The zero-order valence-corrected chi connectivity index (χ0v) is 35.9. The number of fused-ring (bicyclic) bond motifs is 2. The molecule has 2 aromatic rings. The molecule has 288 valence electrons. The maximum atomic E-state index is 7.24. The normalized spacial score (nSPS) is 19.6. The zero-order chi connectivity index (χ0) is 38.3. The Morgan fingerprint density at radius 2 is 1.25 bits per heavy atom. The molecule has 0 N–H and O–H groups in total. The van der Waals surface area contributed by atoms with Crippen molar-refractivity contribution in [2.45, 2.75) is 151 Å². The van der Waals surface area contributed by atoms with Gasteiger partial charge >= 0.3 is 6.03 Å². The summed E-state index contributed by atoms with van der Waals surface area (Å²) in [7, 11) is 0. The number of quaternary nitrogens is 2. The minimum Gasteiger partial charge on any atom is -0.341 e. The topological polar surface area (TPSA) is 24.5 Å². The minimum atomic E-state index is -1.06. The van der Waals surface area contributed by atoms with Crippen molar-refractivity contribution in [3.8, 4) is 11.5 Å². The Bertz CT molecular complexity index is 1600. The van der Waals surface area contributed by atoms with E-state index in [0.717, 1.165) is 29.2 Å². The van der Waals surface area contributed by atoms with Crippen molar-refractivity contribution < 1.29 is 27.6 Å². The summed E-state index contributed by atoms with van der Waals surface area (Å²) in [6.07, 6.45) is 9.65. The third-order valence-electron chi connectivity index (χ3n) is 13.6. The lowest BCUT2D eigenvalue weighted by atomic mass is 9.79. The molecule has 2 aromatic carbocycles. The first-order chi connectivity index (χ1) is 24.3. The highest BCUT2D eigenvalue weighted by atomic mass is 16.7. The molecule has 0 amide bonds. The minimum absolute atomic E-state index is 0.0342. The van der Waals surface area contributed by atoms with E-state index < -0.39 is 6.03 Å². The predicted molar refractivity (Wildman–Crippen MR) is 219 cm³/mol. The summed E-state index contributed by atoms with van der Waals surface area (Å²) < 4.78 is 21.5. The summed E-state index contributed by atoms with van der Waals surface area (Å²) in [6, 6.07) is 10.7. The number of ether oxygens (including phenoxy) is 2. The number of benzene rings is 2. The van der Waals surface area contributed by atoms with Gasteiger partial charge in [0.05, 0.1) is 63.5 Å². The van der Waals surface area contributed by atoms with Gasteiger partial charge in [-0.2, -0.15) is 0 Å². The predicted octanol–water partition coefficient (Wildman–Crippen LogP) is 9.43. The average Bonchev–Trinajstić information content (AvgIpc) is 3.32. The van der Waals surface area contributed by atoms with Gasteiger partial charge in [-0.3, -0.25) is 0 Å². The van der Waals surface area contributed by atoms with Crippen LogP contribution in [0, 0.1) is 0 Å².